The van der Waals surface area contributed by atoms with Crippen molar-refractivity contribution < 1.29 is 23.1 Å². The number of thiophene rings is 1. The molecule has 13 nitrogen and oxygen atoms in total. The number of nitrogens with one attached hydrogen (secondary N) is 4. The van der Waals surface area contributed by atoms with E-state index >= 15 is 0 Å². The van der Waals surface area contributed by atoms with E-state index < -0.39 is 34.2 Å². The number of anilines is 2. The van der Waals surface area contributed by atoms with Crippen LogP contribution in [0.25, 0.3) is 0 Å². The Morgan fingerprint density at radius 2 is 1.97 bits per heavy atom. The van der Waals surface area contributed by atoms with Crippen LogP contribution < -0.4 is 32.1 Å². The number of aromatic nitrogens is 2. The molecule has 1 aromatic carbocycles. The third-order valence-corrected chi connectivity index (χ3v) is 7.76. The summed E-state index contributed by atoms with van der Waals surface area (Å²) in [6.07, 6.45) is -0.196. The highest BCUT2D eigenvalue weighted by Crippen LogP contribution is 2.26. The number of rotatable bonds is 14. The van der Waals surface area contributed by atoms with Gasteiger partial charge in [0.2, 0.25) is 0 Å². The molecule has 1 atom stereocenters. The Morgan fingerprint density at radius 3 is 2.63 bits per heavy atom. The van der Waals surface area contributed by atoms with Gasteiger partial charge < -0.3 is 27.2 Å². The summed E-state index contributed by atoms with van der Waals surface area (Å²) in [7, 11) is -2.22. The number of carboxylic acids is 1. The van der Waals surface area contributed by atoms with Gasteiger partial charge >= 0.3 is 5.97 Å². The van der Waals surface area contributed by atoms with E-state index in [2.05, 4.69) is 25.8 Å². The van der Waals surface area contributed by atoms with Gasteiger partial charge in [0.15, 0.2) is 0 Å². The number of aliphatic carboxylic acids is 1. The normalized spacial score (nSPS) is 12.3. The van der Waals surface area contributed by atoms with Crippen molar-refractivity contribution >= 4 is 44.6 Å². The Bertz CT molecular complexity index is 1370. The molecule has 1 amide bonds. The molecule has 2 heterocycles. The van der Waals surface area contributed by atoms with Gasteiger partial charge in [0.25, 0.3) is 15.9 Å². The minimum atomic E-state index is -4.05. The number of hydrogen-bond acceptors (Lipinski definition) is 10. The summed E-state index contributed by atoms with van der Waals surface area (Å²) >= 11 is 0.994. The van der Waals surface area contributed by atoms with Gasteiger partial charge in [0, 0.05) is 12.7 Å². The van der Waals surface area contributed by atoms with Crippen LogP contribution in [-0.2, 0) is 28.4 Å². The number of amides is 1. The molecule has 0 unspecified atom stereocenters. The van der Waals surface area contributed by atoms with Crippen LogP contribution in [0.4, 0.5) is 11.4 Å². The molecule has 0 saturated carbocycles. The number of nitrogens with two attached hydrogens (primary N) is 2. The number of benzene rings is 1. The Kier molecular flexibility index (Phi) is 9.82. The van der Waals surface area contributed by atoms with Gasteiger partial charge in [-0.15, -0.1) is 11.3 Å². The SMILES string of the molecule is Cc1cc(CNc2cccc(S(=O)(=O)Nc3ccsc3C(=O)N[C@@H](CCCNC(N)N)C(=O)O)c2)n(C)n1. The topological polar surface area (TPSA) is 206 Å². The van der Waals surface area contributed by atoms with Crippen LogP contribution in [-0.4, -0.2) is 54.1 Å². The van der Waals surface area contributed by atoms with E-state index in [1.807, 2.05) is 20.0 Å². The lowest BCUT2D eigenvalue weighted by Crippen LogP contribution is -2.46. The summed E-state index contributed by atoms with van der Waals surface area (Å²) in [6, 6.07) is 8.49. The minimum Gasteiger partial charge on any atom is -0.480 e. The van der Waals surface area contributed by atoms with Gasteiger partial charge in [0.1, 0.15) is 17.2 Å². The highest BCUT2D eigenvalue weighted by atomic mass is 32.2. The quantitative estimate of drug-likeness (QED) is 0.109. The number of nitrogens with zero attached hydrogens (tertiary/aromatic N) is 2. The first-order chi connectivity index (χ1) is 18.0. The smallest absolute Gasteiger partial charge is 0.326 e. The molecule has 2 aromatic heterocycles. The first-order valence-corrected chi connectivity index (χ1v) is 14.0. The van der Waals surface area contributed by atoms with E-state index in [0.717, 1.165) is 22.7 Å². The maximum absolute atomic E-state index is 13.1. The van der Waals surface area contributed by atoms with Crippen LogP contribution in [0.1, 0.15) is 33.9 Å². The molecule has 9 N–H and O–H groups in total. The predicted molar refractivity (Wildman–Crippen MR) is 145 cm³/mol. The largest absolute Gasteiger partial charge is 0.480 e. The van der Waals surface area contributed by atoms with E-state index in [9.17, 15) is 23.1 Å². The lowest BCUT2D eigenvalue weighted by Gasteiger charge is -2.16. The summed E-state index contributed by atoms with van der Waals surface area (Å²) in [6.45, 7) is 2.71. The highest BCUT2D eigenvalue weighted by molar-refractivity contribution is 7.92. The number of aryl methyl sites for hydroxylation is 2. The van der Waals surface area contributed by atoms with Crippen molar-refractivity contribution in [1.82, 2.24) is 20.4 Å². The maximum Gasteiger partial charge on any atom is 0.326 e. The number of carboxylic acid groups (broad SMARTS) is 1. The van der Waals surface area contributed by atoms with Crippen LogP contribution in [0.2, 0.25) is 0 Å². The van der Waals surface area contributed by atoms with Gasteiger partial charge in [-0.3, -0.25) is 19.5 Å². The lowest BCUT2D eigenvalue weighted by atomic mass is 10.1. The number of carbonyl (C=O) groups is 2. The Hall–Kier alpha value is -3.50. The van der Waals surface area contributed by atoms with Crippen molar-refractivity contribution in [1.29, 1.82) is 0 Å². The van der Waals surface area contributed by atoms with Crippen molar-refractivity contribution in [3.8, 4) is 0 Å². The van der Waals surface area contributed by atoms with Crippen LogP contribution in [0, 0.1) is 6.92 Å². The fourth-order valence-electron chi connectivity index (χ4n) is 3.62. The zero-order valence-corrected chi connectivity index (χ0v) is 22.6. The van der Waals surface area contributed by atoms with Gasteiger partial charge in [0.05, 0.1) is 28.5 Å². The van der Waals surface area contributed by atoms with Gasteiger partial charge in [-0.25, -0.2) is 13.2 Å². The maximum atomic E-state index is 13.1. The van der Waals surface area contributed by atoms with Crippen molar-refractivity contribution in [3.63, 3.8) is 0 Å². The summed E-state index contributed by atoms with van der Waals surface area (Å²) < 4.78 is 30.4. The molecule has 206 valence electrons. The monoisotopic (exact) mass is 564 g/mol. The first-order valence-electron chi connectivity index (χ1n) is 11.7. The summed E-state index contributed by atoms with van der Waals surface area (Å²) in [5, 5.41) is 23.7. The lowest BCUT2D eigenvalue weighted by molar-refractivity contribution is -0.139. The molecule has 0 spiro atoms. The van der Waals surface area contributed by atoms with E-state index in [4.69, 9.17) is 11.5 Å². The molecule has 3 aromatic rings. The fourth-order valence-corrected chi connectivity index (χ4v) is 5.55. The molecule has 15 heteroatoms. The van der Waals surface area contributed by atoms with Crippen LogP contribution >= 0.6 is 11.3 Å². The minimum absolute atomic E-state index is 0.00438. The average Bonchev–Trinajstić information content (AvgIpc) is 3.44. The summed E-state index contributed by atoms with van der Waals surface area (Å²) in [5.41, 5.74) is 13.2. The van der Waals surface area contributed by atoms with Gasteiger partial charge in [-0.1, -0.05) is 6.07 Å². The highest BCUT2D eigenvalue weighted by Gasteiger charge is 2.25. The van der Waals surface area contributed by atoms with Crippen LogP contribution in [0.15, 0.2) is 46.7 Å². The molecular weight excluding hydrogens is 532 g/mol. The number of carbonyl (C=O) groups excluding carboxylic acids is 1. The zero-order valence-electron chi connectivity index (χ0n) is 21.0. The molecule has 0 saturated heterocycles. The second kappa shape index (κ2) is 12.8. The number of hydrogen-bond donors (Lipinski definition) is 7. The molecule has 0 aliphatic carbocycles. The predicted octanol–water partition coefficient (Wildman–Crippen LogP) is 0.957. The number of sulfonamides is 1. The van der Waals surface area contributed by atoms with Crippen molar-refractivity contribution in [2.75, 3.05) is 16.6 Å². The fraction of sp³-hybridized carbons (Fsp3) is 0.348. The van der Waals surface area contributed by atoms with Crippen molar-refractivity contribution in [2.45, 2.75) is 43.5 Å². The van der Waals surface area contributed by atoms with E-state index in [1.54, 1.807) is 22.2 Å². The molecule has 0 radical (unpaired) electrons. The third kappa shape index (κ3) is 8.00. The summed E-state index contributed by atoms with van der Waals surface area (Å²) in [4.78, 5) is 24.5. The standard InChI is InChI=1S/C23H32N8O5S2/c1-14-11-16(31(2)29-14)13-27-15-5-3-6-17(12-15)38(35,36)30-18-8-10-37-20(18)21(32)28-19(22(33)34)7-4-9-26-23(24)25/h3,5-6,8,10-12,19,23,26-27,30H,4,7,9,13,24-25H2,1-2H3,(H,28,32)(H,33,34)/t19-/m0/s1. The van der Waals surface area contributed by atoms with Crippen molar-refractivity contribution in [2.24, 2.45) is 18.5 Å². The molecule has 3 rings (SSSR count). The molecule has 0 aliphatic rings. The summed E-state index contributed by atoms with van der Waals surface area (Å²) in [5.74, 6) is -1.91. The third-order valence-electron chi connectivity index (χ3n) is 5.49. The Labute approximate surface area is 224 Å². The molecule has 0 aliphatic heterocycles. The first kappa shape index (κ1) is 29.1. The second-order valence-corrected chi connectivity index (χ2v) is 11.1. The Balaban J connectivity index is 1.67. The second-order valence-electron chi connectivity index (χ2n) is 8.54. The van der Waals surface area contributed by atoms with Crippen molar-refractivity contribution in [3.05, 3.63) is 58.0 Å². The zero-order chi connectivity index (χ0) is 27.9. The Morgan fingerprint density at radius 1 is 1.21 bits per heavy atom. The van der Waals surface area contributed by atoms with Crippen LogP contribution in [0.3, 0.4) is 0 Å². The van der Waals surface area contributed by atoms with E-state index in [1.165, 1.54) is 18.2 Å². The molecule has 0 bridgehead atoms. The molecular formula is C23H32N8O5S2. The van der Waals surface area contributed by atoms with E-state index in [0.29, 0.717) is 25.2 Å². The van der Waals surface area contributed by atoms with Gasteiger partial charge in [-0.2, -0.15) is 5.10 Å². The van der Waals surface area contributed by atoms with Gasteiger partial charge in [-0.05, 0) is 62.0 Å². The molecule has 38 heavy (non-hydrogen) atoms. The average molecular weight is 565 g/mol. The van der Waals surface area contributed by atoms with Crippen LogP contribution in [0.5, 0.6) is 0 Å². The van der Waals surface area contributed by atoms with E-state index in [-0.39, 0.29) is 21.9 Å². The molecule has 0 fully saturated rings.